The molecule has 4 heteroatoms. The number of hydrogen-bond acceptors (Lipinski definition) is 3. The molecule has 20 heavy (non-hydrogen) atoms. The van der Waals surface area contributed by atoms with Crippen LogP contribution in [-0.4, -0.2) is 20.1 Å². The van der Waals surface area contributed by atoms with Crippen LogP contribution in [0.15, 0.2) is 42.2 Å². The van der Waals surface area contributed by atoms with E-state index in [2.05, 4.69) is 10.2 Å². The number of benzene rings is 1. The Morgan fingerprint density at radius 2 is 1.55 bits per heavy atom. The van der Waals surface area contributed by atoms with Gasteiger partial charge in [-0.05, 0) is 24.6 Å². The molecular formula is C16H23N3O. The van der Waals surface area contributed by atoms with Gasteiger partial charge in [0.15, 0.2) is 0 Å². The van der Waals surface area contributed by atoms with E-state index < -0.39 is 0 Å². The van der Waals surface area contributed by atoms with Crippen LogP contribution in [0.3, 0.4) is 0 Å². The van der Waals surface area contributed by atoms with Gasteiger partial charge >= 0.3 is 0 Å². The van der Waals surface area contributed by atoms with Gasteiger partial charge in [0, 0.05) is 6.42 Å². The van der Waals surface area contributed by atoms with E-state index in [4.69, 9.17) is 0 Å². The molecule has 1 heterocycles. The van der Waals surface area contributed by atoms with Gasteiger partial charge in [0.1, 0.15) is 22.5 Å². The molecule has 0 radical (unpaired) electrons. The summed E-state index contributed by atoms with van der Waals surface area (Å²) in [4.78, 5) is 1.50. The topological polar surface area (TPSA) is 50.9 Å². The molecule has 0 unspecified atom stereocenters. The molecule has 0 saturated heterocycles. The third-order valence-electron chi connectivity index (χ3n) is 2.62. The minimum atomic E-state index is 0.350. The fourth-order valence-electron chi connectivity index (χ4n) is 1.79. The lowest BCUT2D eigenvalue weighted by molar-refractivity contribution is 0.385. The SMILES string of the molecule is CC.CC.OC1=C(n2nc3ccccc3n2)C=CCC1. The van der Waals surface area contributed by atoms with Gasteiger partial charge in [-0.3, -0.25) is 0 Å². The first kappa shape index (κ1) is 16.0. The van der Waals surface area contributed by atoms with E-state index in [1.807, 2.05) is 64.1 Å². The highest BCUT2D eigenvalue weighted by atomic mass is 16.3. The molecule has 4 nitrogen and oxygen atoms in total. The van der Waals surface area contributed by atoms with Gasteiger partial charge in [0.05, 0.1) is 0 Å². The van der Waals surface area contributed by atoms with Crippen molar-refractivity contribution in [2.24, 2.45) is 0 Å². The first-order valence-corrected chi connectivity index (χ1v) is 7.26. The summed E-state index contributed by atoms with van der Waals surface area (Å²) in [5, 5.41) is 18.4. The molecule has 0 fully saturated rings. The average molecular weight is 273 g/mol. The van der Waals surface area contributed by atoms with Crippen LogP contribution < -0.4 is 0 Å². The van der Waals surface area contributed by atoms with Crippen LogP contribution in [0.1, 0.15) is 40.5 Å². The quantitative estimate of drug-likeness (QED) is 0.828. The molecule has 0 spiro atoms. The van der Waals surface area contributed by atoms with E-state index in [1.165, 1.54) is 4.80 Å². The van der Waals surface area contributed by atoms with Gasteiger partial charge < -0.3 is 5.11 Å². The Balaban J connectivity index is 0.000000461. The summed E-state index contributed by atoms with van der Waals surface area (Å²) in [6.07, 6.45) is 5.40. The van der Waals surface area contributed by atoms with Crippen molar-refractivity contribution < 1.29 is 5.11 Å². The zero-order chi connectivity index (χ0) is 15.0. The standard InChI is InChI=1S/C12H11N3O.2C2H6/c16-12-8-4-3-7-11(12)15-13-9-5-1-2-6-10(9)14-15;2*1-2/h1-3,5-7,16H,4,8H2;2*1-2H3. The number of hydrogen-bond donors (Lipinski definition) is 1. The zero-order valence-corrected chi connectivity index (χ0v) is 12.7. The zero-order valence-electron chi connectivity index (χ0n) is 12.7. The number of rotatable bonds is 1. The monoisotopic (exact) mass is 273 g/mol. The van der Waals surface area contributed by atoms with E-state index in [0.29, 0.717) is 17.9 Å². The van der Waals surface area contributed by atoms with Crippen molar-refractivity contribution in [3.8, 4) is 0 Å². The minimum absolute atomic E-state index is 0.350. The minimum Gasteiger partial charge on any atom is -0.510 e. The van der Waals surface area contributed by atoms with Gasteiger partial charge in [-0.1, -0.05) is 45.9 Å². The van der Waals surface area contributed by atoms with Crippen LogP contribution in [0.25, 0.3) is 16.7 Å². The fraction of sp³-hybridized carbons (Fsp3) is 0.375. The van der Waals surface area contributed by atoms with Gasteiger partial charge in [-0.25, -0.2) is 0 Å². The molecule has 1 aliphatic carbocycles. The maximum absolute atomic E-state index is 9.78. The average Bonchev–Trinajstić information content (AvgIpc) is 2.95. The first-order chi connectivity index (χ1) is 9.84. The molecule has 0 aliphatic heterocycles. The first-order valence-electron chi connectivity index (χ1n) is 7.26. The number of aliphatic hydroxyl groups is 1. The van der Waals surface area contributed by atoms with Crippen molar-refractivity contribution in [3.05, 3.63) is 42.2 Å². The number of fused-ring (bicyclic) bond motifs is 1. The Kier molecular flexibility index (Phi) is 6.50. The summed E-state index contributed by atoms with van der Waals surface area (Å²) in [5.74, 6) is 0.350. The molecule has 1 N–H and O–H groups in total. The predicted octanol–water partition coefficient (Wildman–Crippen LogP) is 4.56. The van der Waals surface area contributed by atoms with E-state index in [9.17, 15) is 5.11 Å². The van der Waals surface area contributed by atoms with Crippen molar-refractivity contribution in [1.29, 1.82) is 0 Å². The Bertz CT molecular complexity index is 564. The molecule has 0 atom stereocenters. The van der Waals surface area contributed by atoms with Crippen molar-refractivity contribution in [3.63, 3.8) is 0 Å². The van der Waals surface area contributed by atoms with E-state index in [-0.39, 0.29) is 0 Å². The highest BCUT2D eigenvalue weighted by Gasteiger charge is 2.11. The van der Waals surface area contributed by atoms with Crippen LogP contribution in [-0.2, 0) is 0 Å². The number of nitrogens with zero attached hydrogens (tertiary/aromatic N) is 3. The van der Waals surface area contributed by atoms with Crippen LogP contribution in [0.5, 0.6) is 0 Å². The summed E-state index contributed by atoms with van der Waals surface area (Å²) >= 11 is 0. The van der Waals surface area contributed by atoms with Crippen LogP contribution >= 0.6 is 0 Å². The largest absolute Gasteiger partial charge is 0.510 e. The van der Waals surface area contributed by atoms with E-state index in [1.54, 1.807) is 0 Å². The summed E-state index contributed by atoms with van der Waals surface area (Å²) in [6, 6.07) is 7.66. The summed E-state index contributed by atoms with van der Waals surface area (Å²) in [6.45, 7) is 8.00. The molecule has 1 aromatic heterocycles. The Morgan fingerprint density at radius 3 is 2.05 bits per heavy atom. The number of aliphatic hydroxyl groups excluding tert-OH is 1. The number of aromatic nitrogens is 3. The smallest absolute Gasteiger partial charge is 0.123 e. The molecule has 1 aromatic carbocycles. The van der Waals surface area contributed by atoms with Crippen LogP contribution in [0.4, 0.5) is 0 Å². The van der Waals surface area contributed by atoms with Crippen LogP contribution in [0.2, 0.25) is 0 Å². The van der Waals surface area contributed by atoms with Gasteiger partial charge in [0.2, 0.25) is 0 Å². The lowest BCUT2D eigenvalue weighted by Gasteiger charge is -2.08. The second-order valence-electron chi connectivity index (χ2n) is 3.75. The predicted molar refractivity (Wildman–Crippen MR) is 84.4 cm³/mol. The van der Waals surface area contributed by atoms with Gasteiger partial charge in [-0.2, -0.15) is 0 Å². The molecule has 3 rings (SSSR count). The fourth-order valence-corrected chi connectivity index (χ4v) is 1.79. The highest BCUT2D eigenvalue weighted by molar-refractivity contribution is 5.74. The summed E-state index contributed by atoms with van der Waals surface area (Å²) in [7, 11) is 0. The molecular weight excluding hydrogens is 250 g/mol. The van der Waals surface area contributed by atoms with Gasteiger partial charge in [-0.15, -0.1) is 15.0 Å². The highest BCUT2D eigenvalue weighted by Crippen LogP contribution is 2.20. The molecule has 0 saturated carbocycles. The Morgan fingerprint density at radius 1 is 1.00 bits per heavy atom. The lowest BCUT2D eigenvalue weighted by Crippen LogP contribution is -2.05. The van der Waals surface area contributed by atoms with Crippen molar-refractivity contribution in [2.75, 3.05) is 0 Å². The maximum atomic E-state index is 9.78. The summed E-state index contributed by atoms with van der Waals surface area (Å²) < 4.78 is 0. The third-order valence-corrected chi connectivity index (χ3v) is 2.62. The second kappa shape index (κ2) is 8.15. The van der Waals surface area contributed by atoms with Crippen molar-refractivity contribution >= 4 is 16.7 Å². The maximum Gasteiger partial charge on any atom is 0.123 e. The lowest BCUT2D eigenvalue weighted by atomic mass is 10.1. The van der Waals surface area contributed by atoms with E-state index in [0.717, 1.165) is 17.5 Å². The Labute approximate surface area is 120 Å². The molecule has 1 aliphatic rings. The van der Waals surface area contributed by atoms with Crippen molar-refractivity contribution in [2.45, 2.75) is 40.5 Å². The van der Waals surface area contributed by atoms with E-state index >= 15 is 0 Å². The molecule has 0 bridgehead atoms. The Hall–Kier alpha value is -2.10. The molecule has 2 aromatic rings. The second-order valence-corrected chi connectivity index (χ2v) is 3.75. The molecule has 0 amide bonds. The normalized spacial score (nSPS) is 13.4. The summed E-state index contributed by atoms with van der Waals surface area (Å²) in [5.41, 5.74) is 2.34. The number of allylic oxidation sites excluding steroid dienone is 4. The van der Waals surface area contributed by atoms with Gasteiger partial charge in [0.25, 0.3) is 0 Å². The third kappa shape index (κ3) is 3.47. The van der Waals surface area contributed by atoms with Crippen molar-refractivity contribution in [1.82, 2.24) is 15.0 Å². The van der Waals surface area contributed by atoms with Crippen LogP contribution in [0, 0.1) is 0 Å². The molecule has 108 valence electrons.